The van der Waals surface area contributed by atoms with Crippen LogP contribution in [0.4, 0.5) is 0 Å². The molecule has 1 nitrogen and oxygen atoms in total. The molecule has 1 atom stereocenters. The van der Waals surface area contributed by atoms with Gasteiger partial charge in [0.25, 0.3) is 0 Å². The van der Waals surface area contributed by atoms with Gasteiger partial charge in [-0.05, 0) is 25.7 Å². The van der Waals surface area contributed by atoms with Crippen LogP contribution < -0.4 is 0 Å². The Bertz CT molecular complexity index is 136. The summed E-state index contributed by atoms with van der Waals surface area (Å²) in [5.74, 6) is 0.581. The highest BCUT2D eigenvalue weighted by Crippen LogP contribution is 2.07. The minimum absolute atomic E-state index is 0.183. The van der Waals surface area contributed by atoms with Gasteiger partial charge in [-0.15, -0.1) is 6.58 Å². The van der Waals surface area contributed by atoms with Gasteiger partial charge in [0.2, 0.25) is 0 Å². The van der Waals surface area contributed by atoms with Crippen molar-refractivity contribution >= 4 is 0 Å². The predicted octanol–water partition coefficient (Wildman–Crippen LogP) is 2.53. The second kappa shape index (κ2) is 6.17. The normalized spacial score (nSPS) is 14.6. The van der Waals surface area contributed by atoms with Crippen LogP contribution in [0.15, 0.2) is 24.3 Å². The Labute approximate surface area is 69.4 Å². The second-order valence-electron chi connectivity index (χ2n) is 3.00. The molecule has 0 aliphatic carbocycles. The van der Waals surface area contributed by atoms with E-state index in [-0.39, 0.29) is 6.61 Å². The largest absolute Gasteiger partial charge is 0.392 e. The van der Waals surface area contributed by atoms with Crippen LogP contribution in [0, 0.1) is 5.92 Å². The molecule has 0 radical (unpaired) electrons. The van der Waals surface area contributed by atoms with E-state index in [0.29, 0.717) is 5.92 Å². The molecule has 0 aliphatic rings. The number of rotatable bonds is 5. The Morgan fingerprint density at radius 2 is 2.27 bits per heavy atom. The van der Waals surface area contributed by atoms with Gasteiger partial charge in [0.05, 0.1) is 6.61 Å². The topological polar surface area (TPSA) is 20.2 Å². The standard InChI is InChI=1S/C10H18O/c1-4-9(2)6-5-7-10(3)8-11/h4,7,9,11H,1,5-6,8H2,2-3H3/b10-7-. The molecule has 0 saturated heterocycles. The summed E-state index contributed by atoms with van der Waals surface area (Å²) in [6, 6.07) is 0. The van der Waals surface area contributed by atoms with Crippen molar-refractivity contribution < 1.29 is 5.11 Å². The fraction of sp³-hybridized carbons (Fsp3) is 0.600. The molecule has 11 heavy (non-hydrogen) atoms. The van der Waals surface area contributed by atoms with E-state index >= 15 is 0 Å². The molecule has 0 heterocycles. The monoisotopic (exact) mass is 154 g/mol. The third-order valence-corrected chi connectivity index (χ3v) is 1.77. The zero-order chi connectivity index (χ0) is 8.69. The lowest BCUT2D eigenvalue weighted by atomic mass is 10.1. The summed E-state index contributed by atoms with van der Waals surface area (Å²) in [6.45, 7) is 7.98. The summed E-state index contributed by atoms with van der Waals surface area (Å²) in [6.07, 6.45) is 6.21. The van der Waals surface area contributed by atoms with Crippen LogP contribution >= 0.6 is 0 Å². The fourth-order valence-corrected chi connectivity index (χ4v) is 0.775. The van der Waals surface area contributed by atoms with Gasteiger partial charge in [-0.3, -0.25) is 0 Å². The second-order valence-corrected chi connectivity index (χ2v) is 3.00. The molecule has 0 rings (SSSR count). The molecule has 0 spiro atoms. The molecule has 0 amide bonds. The molecule has 0 aromatic carbocycles. The van der Waals surface area contributed by atoms with Crippen LogP contribution in [0.25, 0.3) is 0 Å². The third-order valence-electron chi connectivity index (χ3n) is 1.77. The SMILES string of the molecule is C=CC(C)CC/C=C(/C)CO. The molecule has 0 aromatic rings. The van der Waals surface area contributed by atoms with Crippen LogP contribution in [-0.2, 0) is 0 Å². The van der Waals surface area contributed by atoms with Crippen molar-refractivity contribution in [2.24, 2.45) is 5.92 Å². The van der Waals surface area contributed by atoms with E-state index in [1.54, 1.807) is 0 Å². The average molecular weight is 154 g/mol. The first-order valence-corrected chi connectivity index (χ1v) is 4.09. The number of aliphatic hydroxyl groups is 1. The highest BCUT2D eigenvalue weighted by Gasteiger charge is 1.93. The minimum Gasteiger partial charge on any atom is -0.392 e. The Balaban J connectivity index is 3.47. The van der Waals surface area contributed by atoms with Gasteiger partial charge >= 0.3 is 0 Å². The van der Waals surface area contributed by atoms with Gasteiger partial charge in [0, 0.05) is 0 Å². The lowest BCUT2D eigenvalue weighted by Gasteiger charge is -2.01. The molecule has 1 N–H and O–H groups in total. The van der Waals surface area contributed by atoms with E-state index in [1.165, 1.54) is 0 Å². The van der Waals surface area contributed by atoms with Crippen LogP contribution in [-0.4, -0.2) is 11.7 Å². The van der Waals surface area contributed by atoms with Crippen LogP contribution in [0.1, 0.15) is 26.7 Å². The van der Waals surface area contributed by atoms with E-state index in [4.69, 9.17) is 5.11 Å². The summed E-state index contributed by atoms with van der Waals surface area (Å²) in [5.41, 5.74) is 1.06. The van der Waals surface area contributed by atoms with Crippen molar-refractivity contribution in [3.8, 4) is 0 Å². The molecule has 0 aliphatic heterocycles. The van der Waals surface area contributed by atoms with Crippen LogP contribution in [0.3, 0.4) is 0 Å². The maximum atomic E-state index is 8.67. The molecule has 0 saturated carbocycles. The summed E-state index contributed by atoms with van der Waals surface area (Å²) in [7, 11) is 0. The molecule has 64 valence electrons. The van der Waals surface area contributed by atoms with E-state index < -0.39 is 0 Å². The Morgan fingerprint density at radius 1 is 1.64 bits per heavy atom. The molecule has 1 unspecified atom stereocenters. The van der Waals surface area contributed by atoms with E-state index in [2.05, 4.69) is 19.6 Å². The number of aliphatic hydroxyl groups excluding tert-OH is 1. The first-order valence-electron chi connectivity index (χ1n) is 4.09. The highest BCUT2D eigenvalue weighted by atomic mass is 16.3. The Morgan fingerprint density at radius 3 is 2.73 bits per heavy atom. The number of hydrogen-bond donors (Lipinski definition) is 1. The maximum Gasteiger partial charge on any atom is 0.0639 e. The molecular weight excluding hydrogens is 136 g/mol. The minimum atomic E-state index is 0.183. The molecule has 0 aromatic heterocycles. The summed E-state index contributed by atoms with van der Waals surface area (Å²) in [5, 5.41) is 8.67. The van der Waals surface area contributed by atoms with Gasteiger partial charge in [-0.2, -0.15) is 0 Å². The summed E-state index contributed by atoms with van der Waals surface area (Å²) in [4.78, 5) is 0. The number of hydrogen-bond acceptors (Lipinski definition) is 1. The summed E-state index contributed by atoms with van der Waals surface area (Å²) >= 11 is 0. The van der Waals surface area contributed by atoms with Gasteiger partial charge in [-0.25, -0.2) is 0 Å². The van der Waals surface area contributed by atoms with Gasteiger partial charge < -0.3 is 5.11 Å². The molecular formula is C10H18O. The van der Waals surface area contributed by atoms with Gasteiger partial charge in [-0.1, -0.05) is 24.6 Å². The first kappa shape index (κ1) is 10.4. The van der Waals surface area contributed by atoms with Crippen molar-refractivity contribution in [3.63, 3.8) is 0 Å². The van der Waals surface area contributed by atoms with Crippen molar-refractivity contribution in [1.29, 1.82) is 0 Å². The van der Waals surface area contributed by atoms with Crippen molar-refractivity contribution in [2.45, 2.75) is 26.7 Å². The maximum absolute atomic E-state index is 8.67. The van der Waals surface area contributed by atoms with Crippen LogP contribution in [0.5, 0.6) is 0 Å². The third kappa shape index (κ3) is 5.86. The average Bonchev–Trinajstić information content (AvgIpc) is 2.04. The first-order chi connectivity index (χ1) is 5.20. The zero-order valence-corrected chi connectivity index (χ0v) is 7.51. The quantitative estimate of drug-likeness (QED) is 0.603. The van der Waals surface area contributed by atoms with Crippen molar-refractivity contribution in [1.82, 2.24) is 0 Å². The van der Waals surface area contributed by atoms with E-state index in [0.717, 1.165) is 18.4 Å². The Hall–Kier alpha value is -0.560. The van der Waals surface area contributed by atoms with Crippen LogP contribution in [0.2, 0.25) is 0 Å². The van der Waals surface area contributed by atoms with Crippen molar-refractivity contribution in [2.75, 3.05) is 6.61 Å². The van der Waals surface area contributed by atoms with E-state index in [9.17, 15) is 0 Å². The predicted molar refractivity (Wildman–Crippen MR) is 49.4 cm³/mol. The molecule has 0 fully saturated rings. The van der Waals surface area contributed by atoms with Gasteiger partial charge in [0.15, 0.2) is 0 Å². The lowest BCUT2D eigenvalue weighted by molar-refractivity contribution is 0.330. The fourth-order valence-electron chi connectivity index (χ4n) is 0.775. The summed E-state index contributed by atoms with van der Waals surface area (Å²) < 4.78 is 0. The van der Waals surface area contributed by atoms with E-state index in [1.807, 2.05) is 13.0 Å². The molecule has 1 heteroatoms. The molecule has 0 bridgehead atoms. The smallest absolute Gasteiger partial charge is 0.0639 e. The lowest BCUT2D eigenvalue weighted by Crippen LogP contribution is -1.88. The number of allylic oxidation sites excluding steroid dienone is 2. The zero-order valence-electron chi connectivity index (χ0n) is 7.51. The van der Waals surface area contributed by atoms with Crippen molar-refractivity contribution in [3.05, 3.63) is 24.3 Å². The Kier molecular flexibility index (Phi) is 5.86. The van der Waals surface area contributed by atoms with Gasteiger partial charge in [0.1, 0.15) is 0 Å². The highest BCUT2D eigenvalue weighted by molar-refractivity contribution is 4.97.